The third-order valence-electron chi connectivity index (χ3n) is 8.11. The average Bonchev–Trinajstić information content (AvgIpc) is 3.48. The van der Waals surface area contributed by atoms with Crippen LogP contribution in [-0.2, 0) is 19.1 Å². The van der Waals surface area contributed by atoms with E-state index >= 15 is 0 Å². The third kappa shape index (κ3) is 3.98. The van der Waals surface area contributed by atoms with Crippen molar-refractivity contribution in [2.24, 2.45) is 17.8 Å². The minimum absolute atomic E-state index is 0.0847. The van der Waals surface area contributed by atoms with E-state index in [9.17, 15) is 19.5 Å². The molecule has 0 aromatic heterocycles. The van der Waals surface area contributed by atoms with Crippen LogP contribution in [0, 0.1) is 17.8 Å². The first-order valence-corrected chi connectivity index (χ1v) is 12.7. The van der Waals surface area contributed by atoms with Crippen molar-refractivity contribution in [2.75, 3.05) is 37.0 Å². The molecule has 0 radical (unpaired) electrons. The van der Waals surface area contributed by atoms with Crippen molar-refractivity contribution in [1.29, 1.82) is 0 Å². The number of carbonyl (C=O) groups excluding carboxylic acids is 3. The molecule has 3 heterocycles. The van der Waals surface area contributed by atoms with Gasteiger partial charge in [-0.2, -0.15) is 0 Å². The highest BCUT2D eigenvalue weighted by molar-refractivity contribution is 6.03. The van der Waals surface area contributed by atoms with Crippen LogP contribution < -0.4 is 15.5 Å². The number of ether oxygens (including phenoxy) is 1. The number of amides is 3. The Morgan fingerprint density at radius 1 is 1.20 bits per heavy atom. The van der Waals surface area contributed by atoms with Crippen LogP contribution in [0.25, 0.3) is 0 Å². The summed E-state index contributed by atoms with van der Waals surface area (Å²) in [6, 6.07) is 6.15. The van der Waals surface area contributed by atoms with Crippen molar-refractivity contribution in [2.45, 2.75) is 64.3 Å². The molecule has 1 spiro atoms. The summed E-state index contributed by atoms with van der Waals surface area (Å²) in [4.78, 5) is 44.1. The number of rotatable bonds is 9. The van der Waals surface area contributed by atoms with Gasteiger partial charge in [0.05, 0.1) is 30.6 Å². The van der Waals surface area contributed by atoms with Crippen molar-refractivity contribution in [1.82, 2.24) is 10.2 Å². The van der Waals surface area contributed by atoms with Crippen LogP contribution in [0.5, 0.6) is 0 Å². The Bertz CT molecular complexity index is 963. The normalized spacial score (nSPS) is 29.9. The van der Waals surface area contributed by atoms with E-state index in [0.29, 0.717) is 18.5 Å². The van der Waals surface area contributed by atoms with Crippen LogP contribution in [-0.4, -0.2) is 78.3 Å². The molecule has 3 saturated heterocycles. The number of aliphatic hydroxyl groups is 1. The van der Waals surface area contributed by atoms with Crippen LogP contribution in [0.1, 0.15) is 40.5 Å². The van der Waals surface area contributed by atoms with E-state index in [-0.39, 0.29) is 36.4 Å². The highest BCUT2D eigenvalue weighted by Crippen LogP contribution is 2.59. The molecule has 4 rings (SSSR count). The van der Waals surface area contributed by atoms with Crippen LogP contribution in [0.15, 0.2) is 24.3 Å². The number of hydrogen-bond donors (Lipinski definition) is 3. The maximum atomic E-state index is 13.8. The predicted molar refractivity (Wildman–Crippen MR) is 133 cm³/mol. The van der Waals surface area contributed by atoms with Crippen molar-refractivity contribution in [3.63, 3.8) is 0 Å². The topological polar surface area (TPSA) is 111 Å². The second-order valence-electron chi connectivity index (χ2n) is 10.1. The standard InChI is InChI=1S/C26H38N4O5/c1-6-29(7-2)17-10-8-16(9-11-17)28-24(33)22-26-13-12-19(35-26)20(23(32)27-5)21(26)25(34)30(22)18(14-31)15(3)4/h8-11,15,18-22,31H,6-7,12-14H2,1-5H3,(H,27,32)(H,28,33)/t18-,19-,20+,21-,22?,26?/m0/s1. The molecule has 2 bridgehead atoms. The number of aliphatic hydroxyl groups excluding tert-OH is 1. The zero-order valence-electron chi connectivity index (χ0n) is 21.3. The quantitative estimate of drug-likeness (QED) is 0.489. The fourth-order valence-corrected chi connectivity index (χ4v) is 6.39. The van der Waals surface area contributed by atoms with Crippen molar-refractivity contribution >= 4 is 29.1 Å². The Morgan fingerprint density at radius 3 is 2.40 bits per heavy atom. The molecule has 9 nitrogen and oxygen atoms in total. The lowest BCUT2D eigenvalue weighted by atomic mass is 9.70. The van der Waals surface area contributed by atoms with Gasteiger partial charge in [0, 0.05) is 31.5 Å². The summed E-state index contributed by atoms with van der Waals surface area (Å²) in [6.07, 6.45) is 0.748. The monoisotopic (exact) mass is 486 g/mol. The van der Waals surface area contributed by atoms with Crippen LogP contribution >= 0.6 is 0 Å². The maximum absolute atomic E-state index is 13.8. The van der Waals surface area contributed by atoms with Crippen LogP contribution in [0.3, 0.4) is 0 Å². The summed E-state index contributed by atoms with van der Waals surface area (Å²) >= 11 is 0. The van der Waals surface area contributed by atoms with Gasteiger partial charge in [0.15, 0.2) is 0 Å². The number of benzene rings is 1. The highest BCUT2D eigenvalue weighted by atomic mass is 16.5. The molecule has 0 saturated carbocycles. The van der Waals surface area contributed by atoms with Crippen molar-refractivity contribution < 1.29 is 24.2 Å². The molecule has 3 aliphatic heterocycles. The Kier molecular flexibility index (Phi) is 7.11. The van der Waals surface area contributed by atoms with Crippen molar-refractivity contribution in [3.8, 4) is 0 Å². The molecule has 2 unspecified atom stereocenters. The van der Waals surface area contributed by atoms with Gasteiger partial charge in [-0.3, -0.25) is 14.4 Å². The molecular formula is C26H38N4O5. The number of fused-ring (bicyclic) bond motifs is 1. The second kappa shape index (κ2) is 9.78. The SMILES string of the molecule is CCN(CC)c1ccc(NC(=O)C2N([C@@H](CO)C(C)C)C(=O)[C@@H]3[C@H](C(=O)NC)[C@@H]4CCC23O4)cc1. The lowest BCUT2D eigenvalue weighted by Crippen LogP contribution is -2.57. The van der Waals surface area contributed by atoms with Gasteiger partial charge < -0.3 is 30.3 Å². The largest absolute Gasteiger partial charge is 0.394 e. The summed E-state index contributed by atoms with van der Waals surface area (Å²) in [5.74, 6) is -2.35. The smallest absolute Gasteiger partial charge is 0.250 e. The van der Waals surface area contributed by atoms with E-state index in [4.69, 9.17) is 4.74 Å². The summed E-state index contributed by atoms with van der Waals surface area (Å²) in [5, 5.41) is 15.9. The molecule has 6 atom stereocenters. The zero-order chi connectivity index (χ0) is 25.5. The lowest BCUT2D eigenvalue weighted by Gasteiger charge is -2.38. The lowest BCUT2D eigenvalue weighted by molar-refractivity contribution is -0.145. The van der Waals surface area contributed by atoms with Crippen molar-refractivity contribution in [3.05, 3.63) is 24.3 Å². The van der Waals surface area contributed by atoms with Gasteiger partial charge in [-0.15, -0.1) is 0 Å². The van der Waals surface area contributed by atoms with E-state index in [1.54, 1.807) is 7.05 Å². The number of anilines is 2. The molecule has 3 aliphatic rings. The summed E-state index contributed by atoms with van der Waals surface area (Å²) in [7, 11) is 1.55. The zero-order valence-corrected chi connectivity index (χ0v) is 21.3. The molecule has 192 valence electrons. The Balaban J connectivity index is 1.68. The highest BCUT2D eigenvalue weighted by Gasteiger charge is 2.75. The van der Waals surface area contributed by atoms with Gasteiger partial charge in [0.25, 0.3) is 0 Å². The minimum atomic E-state index is -1.08. The molecule has 3 fully saturated rings. The number of nitrogens with zero attached hydrogens (tertiary/aromatic N) is 2. The van der Waals surface area contributed by atoms with Gasteiger partial charge in [0.1, 0.15) is 11.6 Å². The molecule has 3 N–H and O–H groups in total. The molecule has 0 aliphatic carbocycles. The molecule has 9 heteroatoms. The summed E-state index contributed by atoms with van der Waals surface area (Å²) in [5.41, 5.74) is 0.612. The first kappa shape index (κ1) is 25.4. The Morgan fingerprint density at radius 2 is 1.86 bits per heavy atom. The van der Waals surface area contributed by atoms with Gasteiger partial charge in [-0.25, -0.2) is 0 Å². The molecule has 3 amide bonds. The first-order valence-electron chi connectivity index (χ1n) is 12.7. The average molecular weight is 487 g/mol. The molecule has 1 aromatic rings. The predicted octanol–water partition coefficient (Wildman–Crippen LogP) is 1.61. The molecular weight excluding hydrogens is 448 g/mol. The minimum Gasteiger partial charge on any atom is -0.394 e. The maximum Gasteiger partial charge on any atom is 0.250 e. The third-order valence-corrected chi connectivity index (χ3v) is 8.11. The fourth-order valence-electron chi connectivity index (χ4n) is 6.39. The number of nitrogens with one attached hydrogen (secondary N) is 2. The van der Waals surface area contributed by atoms with E-state index in [1.807, 2.05) is 38.1 Å². The summed E-state index contributed by atoms with van der Waals surface area (Å²) in [6.45, 7) is 9.50. The van der Waals surface area contributed by atoms with Gasteiger partial charge >= 0.3 is 0 Å². The van der Waals surface area contributed by atoms with Gasteiger partial charge in [0.2, 0.25) is 17.7 Å². The van der Waals surface area contributed by atoms with E-state index in [1.165, 1.54) is 4.90 Å². The number of likely N-dealkylation sites (tertiary alicyclic amines) is 1. The second-order valence-corrected chi connectivity index (χ2v) is 10.1. The Labute approximate surface area is 207 Å². The van der Waals surface area contributed by atoms with E-state index in [2.05, 4.69) is 29.4 Å². The Hall–Kier alpha value is -2.65. The van der Waals surface area contributed by atoms with Crippen LogP contribution in [0.4, 0.5) is 11.4 Å². The molecule has 35 heavy (non-hydrogen) atoms. The van der Waals surface area contributed by atoms with Crippen LogP contribution in [0.2, 0.25) is 0 Å². The van der Waals surface area contributed by atoms with Gasteiger partial charge in [-0.1, -0.05) is 13.8 Å². The fraction of sp³-hybridized carbons (Fsp3) is 0.654. The summed E-state index contributed by atoms with van der Waals surface area (Å²) < 4.78 is 6.37. The molecule has 1 aromatic carbocycles. The number of carbonyl (C=O) groups is 3. The van der Waals surface area contributed by atoms with E-state index in [0.717, 1.165) is 18.8 Å². The first-order chi connectivity index (χ1) is 16.7. The number of hydrogen-bond acceptors (Lipinski definition) is 6. The van der Waals surface area contributed by atoms with Gasteiger partial charge in [-0.05, 0) is 56.9 Å². The van der Waals surface area contributed by atoms with E-state index < -0.39 is 29.5 Å².